The highest BCUT2D eigenvalue weighted by atomic mass is 16.5. The molecule has 2 fully saturated rings. The highest BCUT2D eigenvalue weighted by Crippen LogP contribution is 2.40. The van der Waals surface area contributed by atoms with Crippen LogP contribution < -0.4 is 4.74 Å². The maximum atomic E-state index is 5.90. The van der Waals surface area contributed by atoms with Gasteiger partial charge in [-0.3, -0.25) is 9.80 Å². The largest absolute Gasteiger partial charge is 0.497 e. The molecule has 1 atom stereocenters. The number of hydrogen-bond donors (Lipinski definition) is 0. The van der Waals surface area contributed by atoms with Crippen molar-refractivity contribution in [2.75, 3.05) is 33.3 Å². The molecule has 1 aliphatic heterocycles. The molecule has 25 heavy (non-hydrogen) atoms. The molecule has 5 heteroatoms. The normalized spacial score (nSPS) is 20.6. The predicted molar refractivity (Wildman–Crippen MR) is 96.7 cm³/mol. The van der Waals surface area contributed by atoms with E-state index in [1.54, 1.807) is 7.11 Å². The van der Waals surface area contributed by atoms with Crippen molar-refractivity contribution in [1.29, 1.82) is 0 Å². The average Bonchev–Trinajstić information content (AvgIpc) is 3.41. The summed E-state index contributed by atoms with van der Waals surface area (Å²) in [5.41, 5.74) is 1.31. The monoisotopic (exact) mass is 341 g/mol. The van der Waals surface area contributed by atoms with Gasteiger partial charge in [-0.1, -0.05) is 12.1 Å². The smallest absolute Gasteiger partial charge is 0.208 e. The molecule has 0 unspecified atom stereocenters. The number of piperazine rings is 1. The molecule has 0 spiro atoms. The fourth-order valence-electron chi connectivity index (χ4n) is 3.57. The molecule has 4 rings (SSSR count). The van der Waals surface area contributed by atoms with Crippen molar-refractivity contribution in [3.63, 3.8) is 0 Å². The first-order chi connectivity index (χ1) is 12.2. The summed E-state index contributed by atoms with van der Waals surface area (Å²) >= 11 is 0. The molecule has 1 aromatic heterocycles. The van der Waals surface area contributed by atoms with E-state index in [0.29, 0.717) is 12.0 Å². The summed E-state index contributed by atoms with van der Waals surface area (Å²) in [5.74, 6) is 3.52. The Morgan fingerprint density at radius 1 is 1.24 bits per heavy atom. The summed E-state index contributed by atoms with van der Waals surface area (Å²) in [4.78, 5) is 9.44. The van der Waals surface area contributed by atoms with Crippen LogP contribution in [0.25, 0.3) is 0 Å². The van der Waals surface area contributed by atoms with E-state index in [2.05, 4.69) is 39.9 Å². The van der Waals surface area contributed by atoms with Crippen LogP contribution in [0.5, 0.6) is 5.75 Å². The molecular weight excluding hydrogens is 314 g/mol. The summed E-state index contributed by atoms with van der Waals surface area (Å²) < 4.78 is 11.3. The molecule has 1 saturated carbocycles. The summed E-state index contributed by atoms with van der Waals surface area (Å²) in [6.07, 6.45) is 4.44. The number of ether oxygens (including phenoxy) is 1. The van der Waals surface area contributed by atoms with Gasteiger partial charge in [0, 0.05) is 38.1 Å². The third kappa shape index (κ3) is 3.88. The van der Waals surface area contributed by atoms with Crippen molar-refractivity contribution in [1.82, 2.24) is 14.8 Å². The number of rotatable bonds is 6. The first kappa shape index (κ1) is 16.6. The molecule has 1 saturated heterocycles. The van der Waals surface area contributed by atoms with Gasteiger partial charge in [-0.15, -0.1) is 0 Å². The number of hydrogen-bond acceptors (Lipinski definition) is 5. The maximum Gasteiger partial charge on any atom is 0.208 e. The van der Waals surface area contributed by atoms with Gasteiger partial charge in [-0.05, 0) is 37.5 Å². The van der Waals surface area contributed by atoms with E-state index < -0.39 is 0 Å². The molecule has 0 N–H and O–H groups in total. The van der Waals surface area contributed by atoms with Crippen molar-refractivity contribution < 1.29 is 9.15 Å². The van der Waals surface area contributed by atoms with E-state index in [-0.39, 0.29) is 0 Å². The molecular formula is C20H27N3O2. The highest BCUT2D eigenvalue weighted by Gasteiger charge is 2.28. The van der Waals surface area contributed by atoms with Crippen molar-refractivity contribution >= 4 is 0 Å². The molecule has 1 aliphatic carbocycles. The van der Waals surface area contributed by atoms with E-state index >= 15 is 0 Å². The second kappa shape index (κ2) is 7.18. The van der Waals surface area contributed by atoms with Crippen LogP contribution in [-0.2, 0) is 6.54 Å². The summed E-state index contributed by atoms with van der Waals surface area (Å²) in [6.45, 7) is 7.34. The molecule has 2 aliphatic rings. The van der Waals surface area contributed by atoms with Gasteiger partial charge >= 0.3 is 0 Å². The minimum absolute atomic E-state index is 0.403. The van der Waals surface area contributed by atoms with Gasteiger partial charge in [-0.2, -0.15) is 0 Å². The Morgan fingerprint density at radius 2 is 2.04 bits per heavy atom. The second-order valence-corrected chi connectivity index (χ2v) is 7.20. The Balaban J connectivity index is 1.31. The van der Waals surface area contributed by atoms with Gasteiger partial charge in [0.25, 0.3) is 0 Å². The quantitative estimate of drug-likeness (QED) is 0.805. The summed E-state index contributed by atoms with van der Waals surface area (Å²) in [7, 11) is 1.72. The van der Waals surface area contributed by atoms with Gasteiger partial charge in [0.15, 0.2) is 0 Å². The minimum Gasteiger partial charge on any atom is -0.497 e. The van der Waals surface area contributed by atoms with Crippen LogP contribution in [0.2, 0.25) is 0 Å². The van der Waals surface area contributed by atoms with Gasteiger partial charge in [-0.25, -0.2) is 4.98 Å². The van der Waals surface area contributed by atoms with Crippen molar-refractivity contribution in [3.8, 4) is 5.75 Å². The van der Waals surface area contributed by atoms with E-state index in [1.165, 1.54) is 18.4 Å². The van der Waals surface area contributed by atoms with Gasteiger partial charge in [0.1, 0.15) is 11.5 Å². The number of nitrogens with zero attached hydrogens (tertiary/aromatic N) is 3. The van der Waals surface area contributed by atoms with Crippen molar-refractivity contribution in [3.05, 3.63) is 47.7 Å². The zero-order valence-electron chi connectivity index (χ0n) is 15.1. The molecule has 134 valence electrons. The molecule has 0 radical (unpaired) electrons. The van der Waals surface area contributed by atoms with Crippen LogP contribution in [0.3, 0.4) is 0 Å². The molecule has 1 aromatic carbocycles. The molecule has 0 amide bonds. The molecule has 0 bridgehead atoms. The van der Waals surface area contributed by atoms with E-state index in [4.69, 9.17) is 9.15 Å². The lowest BCUT2D eigenvalue weighted by molar-refractivity contribution is 0.0917. The van der Waals surface area contributed by atoms with Gasteiger partial charge < -0.3 is 9.15 Å². The third-order valence-corrected chi connectivity index (χ3v) is 5.44. The van der Waals surface area contributed by atoms with Crippen LogP contribution in [0.4, 0.5) is 0 Å². The Hall–Kier alpha value is -1.85. The Morgan fingerprint density at radius 3 is 2.76 bits per heavy atom. The van der Waals surface area contributed by atoms with E-state index in [0.717, 1.165) is 50.1 Å². The lowest BCUT2D eigenvalue weighted by Crippen LogP contribution is -2.46. The standard InChI is InChI=1S/C20H27N3O2/c1-15(17-4-3-5-18(12-17)24-2)23-10-8-22(9-11-23)14-20-21-13-19(25-20)16-6-7-16/h3-5,12-13,15-16H,6-11,14H2,1-2H3/t15-/m1/s1. The molecule has 2 heterocycles. The van der Waals surface area contributed by atoms with Crippen LogP contribution in [-0.4, -0.2) is 48.1 Å². The van der Waals surface area contributed by atoms with Gasteiger partial charge in [0.05, 0.1) is 19.9 Å². The molecule has 5 nitrogen and oxygen atoms in total. The predicted octanol–water partition coefficient (Wildman–Crippen LogP) is 3.44. The van der Waals surface area contributed by atoms with Crippen molar-refractivity contribution in [2.24, 2.45) is 0 Å². The molecule has 2 aromatic rings. The fourth-order valence-corrected chi connectivity index (χ4v) is 3.57. The first-order valence-corrected chi connectivity index (χ1v) is 9.28. The SMILES string of the molecule is COc1cccc([C@@H](C)N2CCN(Cc3ncc(C4CC4)o3)CC2)c1. The topological polar surface area (TPSA) is 41.7 Å². The number of benzene rings is 1. The van der Waals surface area contributed by atoms with Crippen molar-refractivity contribution in [2.45, 2.75) is 38.3 Å². The lowest BCUT2D eigenvalue weighted by atomic mass is 10.1. The number of aromatic nitrogens is 1. The zero-order valence-corrected chi connectivity index (χ0v) is 15.1. The minimum atomic E-state index is 0.403. The Labute approximate surface area is 149 Å². The maximum absolute atomic E-state index is 5.90. The van der Waals surface area contributed by atoms with Crippen LogP contribution >= 0.6 is 0 Å². The Kier molecular flexibility index (Phi) is 4.77. The zero-order chi connectivity index (χ0) is 17.2. The third-order valence-electron chi connectivity index (χ3n) is 5.44. The summed E-state index contributed by atoms with van der Waals surface area (Å²) in [5, 5.41) is 0. The second-order valence-electron chi connectivity index (χ2n) is 7.20. The van der Waals surface area contributed by atoms with Gasteiger partial charge in [0.2, 0.25) is 5.89 Å². The number of oxazole rings is 1. The van der Waals surface area contributed by atoms with E-state index in [9.17, 15) is 0 Å². The summed E-state index contributed by atoms with van der Waals surface area (Å²) in [6, 6.07) is 8.80. The Bertz CT molecular complexity index is 702. The lowest BCUT2D eigenvalue weighted by Gasteiger charge is -2.37. The van der Waals surface area contributed by atoms with E-state index in [1.807, 2.05) is 12.3 Å². The fraction of sp³-hybridized carbons (Fsp3) is 0.550. The number of methoxy groups -OCH3 is 1. The van der Waals surface area contributed by atoms with Crippen LogP contribution in [0.15, 0.2) is 34.9 Å². The van der Waals surface area contributed by atoms with Crippen LogP contribution in [0, 0.1) is 0 Å². The first-order valence-electron chi connectivity index (χ1n) is 9.28. The average molecular weight is 341 g/mol. The highest BCUT2D eigenvalue weighted by molar-refractivity contribution is 5.30. The van der Waals surface area contributed by atoms with Crippen LogP contribution in [0.1, 0.15) is 48.9 Å².